The van der Waals surface area contributed by atoms with Crippen molar-refractivity contribution in [1.29, 1.82) is 0 Å². The zero-order chi connectivity index (χ0) is 16.5. The third kappa shape index (κ3) is 6.20. The molecule has 0 fully saturated rings. The number of rotatable bonds is 6. The Hall–Kier alpha value is -2.20. The van der Waals surface area contributed by atoms with Gasteiger partial charge in [-0.2, -0.15) is 0 Å². The number of guanidine groups is 1. The highest BCUT2D eigenvalue weighted by Gasteiger charge is 1.99. The molecule has 0 aliphatic heterocycles. The van der Waals surface area contributed by atoms with Crippen LogP contribution in [-0.2, 0) is 13.0 Å². The van der Waals surface area contributed by atoms with Gasteiger partial charge in [-0.05, 0) is 48.7 Å². The molecule has 0 bridgehead atoms. The van der Waals surface area contributed by atoms with Crippen LogP contribution in [0.2, 0.25) is 5.02 Å². The van der Waals surface area contributed by atoms with Crippen molar-refractivity contribution in [3.63, 3.8) is 0 Å². The molecule has 2 aromatic rings. The average molecular weight is 332 g/mol. The molecule has 2 rings (SSSR count). The van der Waals surface area contributed by atoms with Gasteiger partial charge in [0.05, 0.1) is 6.54 Å². The fraction of sp³-hybridized carbons (Fsp3) is 0.278. The van der Waals surface area contributed by atoms with Gasteiger partial charge in [-0.25, -0.2) is 4.99 Å². The number of hydrogen-bond acceptors (Lipinski definition) is 2. The highest BCUT2D eigenvalue weighted by Crippen LogP contribution is 2.11. The molecule has 0 aliphatic carbocycles. The predicted octanol–water partition coefficient (Wildman–Crippen LogP) is 3.34. The lowest BCUT2D eigenvalue weighted by atomic mass is 10.1. The second-order valence-corrected chi connectivity index (χ2v) is 5.60. The van der Waals surface area contributed by atoms with Gasteiger partial charge in [0.1, 0.15) is 5.75 Å². The van der Waals surface area contributed by atoms with Gasteiger partial charge in [-0.3, -0.25) is 0 Å². The zero-order valence-corrected chi connectivity index (χ0v) is 14.0. The van der Waals surface area contributed by atoms with Crippen LogP contribution >= 0.6 is 11.6 Å². The molecule has 2 aromatic carbocycles. The summed E-state index contributed by atoms with van der Waals surface area (Å²) in [7, 11) is 0. The summed E-state index contributed by atoms with van der Waals surface area (Å²) in [4.78, 5) is 4.55. The lowest BCUT2D eigenvalue weighted by molar-refractivity contribution is 0.475. The number of nitrogens with one attached hydrogen (secondary N) is 2. The molecule has 0 saturated heterocycles. The van der Waals surface area contributed by atoms with E-state index in [2.05, 4.69) is 21.7 Å². The van der Waals surface area contributed by atoms with E-state index in [1.807, 2.05) is 37.3 Å². The minimum atomic E-state index is 0.268. The Kier molecular flexibility index (Phi) is 6.76. The fourth-order valence-corrected chi connectivity index (χ4v) is 2.34. The Labute approximate surface area is 142 Å². The van der Waals surface area contributed by atoms with Crippen LogP contribution in [0, 0.1) is 0 Å². The van der Waals surface area contributed by atoms with E-state index in [0.29, 0.717) is 6.54 Å². The number of phenols is 1. The van der Waals surface area contributed by atoms with E-state index in [1.165, 1.54) is 5.56 Å². The van der Waals surface area contributed by atoms with Crippen LogP contribution in [-0.4, -0.2) is 24.2 Å². The Bertz CT molecular complexity index is 641. The maximum Gasteiger partial charge on any atom is 0.191 e. The highest BCUT2D eigenvalue weighted by molar-refractivity contribution is 6.30. The number of nitrogens with zero attached hydrogens (tertiary/aromatic N) is 1. The van der Waals surface area contributed by atoms with Crippen molar-refractivity contribution in [2.45, 2.75) is 19.9 Å². The molecular formula is C18H22ClN3O. The van der Waals surface area contributed by atoms with Crippen LogP contribution in [0.4, 0.5) is 0 Å². The monoisotopic (exact) mass is 331 g/mol. The molecule has 0 radical (unpaired) electrons. The van der Waals surface area contributed by atoms with E-state index in [4.69, 9.17) is 11.6 Å². The normalized spacial score (nSPS) is 11.3. The molecule has 0 atom stereocenters. The molecule has 122 valence electrons. The van der Waals surface area contributed by atoms with Crippen LogP contribution in [0.1, 0.15) is 18.1 Å². The molecule has 5 heteroatoms. The third-order valence-corrected chi connectivity index (χ3v) is 3.53. The SMILES string of the molecule is CCNC(=NCc1ccc(O)cc1)NCCc1cccc(Cl)c1. The quantitative estimate of drug-likeness (QED) is 0.562. The summed E-state index contributed by atoms with van der Waals surface area (Å²) in [6.45, 7) is 4.18. The van der Waals surface area contributed by atoms with Gasteiger partial charge < -0.3 is 15.7 Å². The average Bonchev–Trinajstić information content (AvgIpc) is 2.54. The largest absolute Gasteiger partial charge is 0.508 e. The Morgan fingerprint density at radius 2 is 1.87 bits per heavy atom. The summed E-state index contributed by atoms with van der Waals surface area (Å²) in [5.74, 6) is 1.05. The summed E-state index contributed by atoms with van der Waals surface area (Å²) in [6, 6.07) is 15.0. The van der Waals surface area contributed by atoms with Crippen molar-refractivity contribution in [1.82, 2.24) is 10.6 Å². The van der Waals surface area contributed by atoms with E-state index in [1.54, 1.807) is 12.1 Å². The van der Waals surface area contributed by atoms with E-state index < -0.39 is 0 Å². The van der Waals surface area contributed by atoms with Gasteiger partial charge in [0.25, 0.3) is 0 Å². The number of hydrogen-bond donors (Lipinski definition) is 3. The van der Waals surface area contributed by atoms with Gasteiger partial charge in [-0.15, -0.1) is 0 Å². The van der Waals surface area contributed by atoms with Crippen molar-refractivity contribution >= 4 is 17.6 Å². The standard InChI is InChI=1S/C18H22ClN3O/c1-2-20-18(22-13-15-6-8-17(23)9-7-15)21-11-10-14-4-3-5-16(19)12-14/h3-9,12,23H,2,10-11,13H2,1H3,(H2,20,21,22). The van der Waals surface area contributed by atoms with Crippen molar-refractivity contribution in [2.24, 2.45) is 4.99 Å². The summed E-state index contributed by atoms with van der Waals surface area (Å²) in [5.41, 5.74) is 2.24. The van der Waals surface area contributed by atoms with Gasteiger partial charge in [0.15, 0.2) is 5.96 Å². The maximum absolute atomic E-state index is 9.29. The molecule has 0 aliphatic rings. The number of aliphatic imine (C=N–C) groups is 1. The molecule has 0 amide bonds. The van der Waals surface area contributed by atoms with E-state index in [-0.39, 0.29) is 5.75 Å². The van der Waals surface area contributed by atoms with Gasteiger partial charge in [0.2, 0.25) is 0 Å². The van der Waals surface area contributed by atoms with Gasteiger partial charge in [-0.1, -0.05) is 35.9 Å². The lowest BCUT2D eigenvalue weighted by Crippen LogP contribution is -2.38. The van der Waals surface area contributed by atoms with Crippen LogP contribution in [0.15, 0.2) is 53.5 Å². The fourth-order valence-electron chi connectivity index (χ4n) is 2.13. The first kappa shape index (κ1) is 17.2. The number of phenolic OH excluding ortho intramolecular Hbond substituents is 1. The third-order valence-electron chi connectivity index (χ3n) is 3.30. The summed E-state index contributed by atoms with van der Waals surface area (Å²) < 4.78 is 0. The minimum absolute atomic E-state index is 0.268. The topological polar surface area (TPSA) is 56.7 Å². The molecule has 0 saturated carbocycles. The second-order valence-electron chi connectivity index (χ2n) is 5.17. The van der Waals surface area contributed by atoms with E-state index >= 15 is 0 Å². The van der Waals surface area contributed by atoms with E-state index in [9.17, 15) is 5.11 Å². The molecule has 23 heavy (non-hydrogen) atoms. The Morgan fingerprint density at radius 3 is 2.57 bits per heavy atom. The highest BCUT2D eigenvalue weighted by atomic mass is 35.5. The smallest absolute Gasteiger partial charge is 0.191 e. The van der Waals surface area contributed by atoms with Crippen LogP contribution in [0.5, 0.6) is 5.75 Å². The number of halogens is 1. The minimum Gasteiger partial charge on any atom is -0.508 e. The molecule has 0 heterocycles. The molecule has 0 spiro atoms. The number of aromatic hydroxyl groups is 1. The molecule has 3 N–H and O–H groups in total. The van der Waals surface area contributed by atoms with Crippen molar-refractivity contribution in [3.05, 3.63) is 64.7 Å². The zero-order valence-electron chi connectivity index (χ0n) is 13.2. The number of benzene rings is 2. The Balaban J connectivity index is 1.87. The molecule has 0 unspecified atom stereocenters. The van der Waals surface area contributed by atoms with Crippen molar-refractivity contribution in [3.8, 4) is 5.75 Å². The van der Waals surface area contributed by atoms with Crippen LogP contribution in [0.25, 0.3) is 0 Å². The Morgan fingerprint density at radius 1 is 1.09 bits per heavy atom. The van der Waals surface area contributed by atoms with Gasteiger partial charge in [0, 0.05) is 18.1 Å². The van der Waals surface area contributed by atoms with Crippen LogP contribution < -0.4 is 10.6 Å². The predicted molar refractivity (Wildman–Crippen MR) is 96.1 cm³/mol. The van der Waals surface area contributed by atoms with Gasteiger partial charge >= 0.3 is 0 Å². The summed E-state index contributed by atoms with van der Waals surface area (Å²) >= 11 is 5.99. The first-order valence-electron chi connectivity index (χ1n) is 7.72. The maximum atomic E-state index is 9.29. The molecule has 0 aromatic heterocycles. The molecular weight excluding hydrogens is 310 g/mol. The first-order chi connectivity index (χ1) is 11.2. The van der Waals surface area contributed by atoms with E-state index in [0.717, 1.165) is 36.1 Å². The summed E-state index contributed by atoms with van der Waals surface area (Å²) in [6.07, 6.45) is 0.879. The molecule has 4 nitrogen and oxygen atoms in total. The lowest BCUT2D eigenvalue weighted by Gasteiger charge is -2.11. The van der Waals surface area contributed by atoms with Crippen molar-refractivity contribution in [2.75, 3.05) is 13.1 Å². The summed E-state index contributed by atoms with van der Waals surface area (Å²) in [5, 5.41) is 16.6. The second kappa shape index (κ2) is 9.06. The van der Waals surface area contributed by atoms with Crippen molar-refractivity contribution < 1.29 is 5.11 Å². The van der Waals surface area contributed by atoms with Crippen LogP contribution in [0.3, 0.4) is 0 Å². The first-order valence-corrected chi connectivity index (χ1v) is 8.09.